The number of benzene rings is 1. The molecular weight excluding hydrogens is 336 g/mol. The predicted molar refractivity (Wildman–Crippen MR) is 101 cm³/mol. The standard InChI is InChI=1S/C20H34O6/c1-17-15-18(2)20(19(3)16-17)26-14-13-25-12-11-24-10-9-23-8-7-22-6-5-21-4/h15-16H,5-14H2,1-4H3. The van der Waals surface area contributed by atoms with Crippen LogP contribution in [-0.4, -0.2) is 73.2 Å². The summed E-state index contributed by atoms with van der Waals surface area (Å²) in [5, 5.41) is 0. The second kappa shape index (κ2) is 14.9. The number of hydrogen-bond donors (Lipinski definition) is 0. The number of aryl methyl sites for hydroxylation is 3. The Hall–Kier alpha value is -1.18. The average molecular weight is 370 g/mol. The number of hydrogen-bond acceptors (Lipinski definition) is 6. The van der Waals surface area contributed by atoms with Gasteiger partial charge in [-0.2, -0.15) is 0 Å². The first-order chi connectivity index (χ1) is 12.6. The second-order valence-corrected chi connectivity index (χ2v) is 6.02. The average Bonchev–Trinajstić information content (AvgIpc) is 2.60. The molecule has 0 atom stereocenters. The van der Waals surface area contributed by atoms with Crippen LogP contribution in [0, 0.1) is 20.8 Å². The van der Waals surface area contributed by atoms with Gasteiger partial charge in [-0.25, -0.2) is 0 Å². The number of ether oxygens (including phenoxy) is 6. The third-order valence-electron chi connectivity index (χ3n) is 3.63. The SMILES string of the molecule is COCCOCCOCCOCCOCCOc1c(C)cc(C)cc1C. The lowest BCUT2D eigenvalue weighted by Gasteiger charge is -2.13. The van der Waals surface area contributed by atoms with E-state index in [2.05, 4.69) is 32.9 Å². The van der Waals surface area contributed by atoms with E-state index < -0.39 is 0 Å². The molecule has 0 fully saturated rings. The Morgan fingerprint density at radius 1 is 0.577 bits per heavy atom. The zero-order chi connectivity index (χ0) is 19.0. The van der Waals surface area contributed by atoms with Crippen LogP contribution < -0.4 is 4.74 Å². The molecule has 26 heavy (non-hydrogen) atoms. The van der Waals surface area contributed by atoms with E-state index in [9.17, 15) is 0 Å². The summed E-state index contributed by atoms with van der Waals surface area (Å²) in [6.07, 6.45) is 0. The molecule has 0 unspecified atom stereocenters. The van der Waals surface area contributed by atoms with Crippen molar-refractivity contribution in [1.82, 2.24) is 0 Å². The van der Waals surface area contributed by atoms with E-state index in [1.54, 1.807) is 7.11 Å². The van der Waals surface area contributed by atoms with E-state index in [-0.39, 0.29) is 0 Å². The summed E-state index contributed by atoms with van der Waals surface area (Å²) in [4.78, 5) is 0. The minimum atomic E-state index is 0.539. The fourth-order valence-electron chi connectivity index (χ4n) is 2.50. The monoisotopic (exact) mass is 370 g/mol. The van der Waals surface area contributed by atoms with E-state index in [0.717, 1.165) is 16.9 Å². The highest BCUT2D eigenvalue weighted by atomic mass is 16.6. The van der Waals surface area contributed by atoms with Gasteiger partial charge >= 0.3 is 0 Å². The molecular formula is C20H34O6. The van der Waals surface area contributed by atoms with Crippen molar-refractivity contribution in [3.05, 3.63) is 28.8 Å². The Kier molecular flexibility index (Phi) is 13.1. The predicted octanol–water partition coefficient (Wildman–Crippen LogP) is 2.70. The molecule has 0 amide bonds. The minimum Gasteiger partial charge on any atom is -0.491 e. The first-order valence-corrected chi connectivity index (χ1v) is 9.15. The molecule has 0 spiro atoms. The van der Waals surface area contributed by atoms with E-state index in [1.807, 2.05) is 0 Å². The zero-order valence-electron chi connectivity index (χ0n) is 16.7. The highest BCUT2D eigenvalue weighted by molar-refractivity contribution is 5.42. The molecule has 0 aliphatic rings. The van der Waals surface area contributed by atoms with Crippen molar-refractivity contribution in [2.45, 2.75) is 20.8 Å². The third kappa shape index (κ3) is 10.7. The fraction of sp³-hybridized carbons (Fsp3) is 0.700. The van der Waals surface area contributed by atoms with Gasteiger partial charge < -0.3 is 28.4 Å². The number of rotatable bonds is 16. The molecule has 1 aromatic carbocycles. The van der Waals surface area contributed by atoms with Gasteiger partial charge in [0.2, 0.25) is 0 Å². The van der Waals surface area contributed by atoms with Crippen LogP contribution in [0.2, 0.25) is 0 Å². The Morgan fingerprint density at radius 3 is 1.38 bits per heavy atom. The van der Waals surface area contributed by atoms with Gasteiger partial charge in [-0.3, -0.25) is 0 Å². The molecule has 6 heteroatoms. The first-order valence-electron chi connectivity index (χ1n) is 9.15. The van der Waals surface area contributed by atoms with Gasteiger partial charge in [0.25, 0.3) is 0 Å². The summed E-state index contributed by atoms with van der Waals surface area (Å²) in [7, 11) is 1.65. The Morgan fingerprint density at radius 2 is 0.962 bits per heavy atom. The molecule has 0 aliphatic heterocycles. The van der Waals surface area contributed by atoms with Crippen LogP contribution in [0.25, 0.3) is 0 Å². The Labute approximate surface area is 157 Å². The summed E-state index contributed by atoms with van der Waals surface area (Å²) in [5.41, 5.74) is 3.58. The molecule has 1 aromatic rings. The highest BCUT2D eigenvalue weighted by Crippen LogP contribution is 2.24. The molecule has 0 N–H and O–H groups in total. The summed E-state index contributed by atoms with van der Waals surface area (Å²) < 4.78 is 32.3. The van der Waals surface area contributed by atoms with Crippen molar-refractivity contribution in [2.75, 3.05) is 73.2 Å². The normalized spacial score (nSPS) is 11.1. The zero-order valence-corrected chi connectivity index (χ0v) is 16.7. The molecule has 0 aliphatic carbocycles. The van der Waals surface area contributed by atoms with Gasteiger partial charge in [0, 0.05) is 7.11 Å². The van der Waals surface area contributed by atoms with Crippen molar-refractivity contribution in [3.8, 4) is 5.75 Å². The molecule has 150 valence electrons. The van der Waals surface area contributed by atoms with Crippen molar-refractivity contribution in [2.24, 2.45) is 0 Å². The quantitative estimate of drug-likeness (QED) is 0.417. The second-order valence-electron chi connectivity index (χ2n) is 6.02. The van der Waals surface area contributed by atoms with E-state index in [1.165, 1.54) is 5.56 Å². The lowest BCUT2D eigenvalue weighted by molar-refractivity contribution is -0.00981. The van der Waals surface area contributed by atoms with Crippen LogP contribution in [0.4, 0.5) is 0 Å². The van der Waals surface area contributed by atoms with E-state index in [4.69, 9.17) is 28.4 Å². The van der Waals surface area contributed by atoms with Crippen LogP contribution in [0.1, 0.15) is 16.7 Å². The molecule has 6 nitrogen and oxygen atoms in total. The first kappa shape index (κ1) is 22.9. The Bertz CT molecular complexity index is 454. The highest BCUT2D eigenvalue weighted by Gasteiger charge is 2.04. The van der Waals surface area contributed by atoms with Crippen molar-refractivity contribution >= 4 is 0 Å². The molecule has 1 rings (SSSR count). The maximum absolute atomic E-state index is 5.82. The molecule has 0 saturated carbocycles. The summed E-state index contributed by atoms with van der Waals surface area (Å²) in [6.45, 7) is 11.9. The van der Waals surface area contributed by atoms with E-state index in [0.29, 0.717) is 66.1 Å². The molecule has 0 bridgehead atoms. The van der Waals surface area contributed by atoms with Crippen LogP contribution in [-0.2, 0) is 23.7 Å². The minimum absolute atomic E-state index is 0.539. The van der Waals surface area contributed by atoms with Crippen molar-refractivity contribution in [1.29, 1.82) is 0 Å². The molecule has 0 heterocycles. The van der Waals surface area contributed by atoms with E-state index >= 15 is 0 Å². The molecule has 0 saturated heterocycles. The topological polar surface area (TPSA) is 55.4 Å². The Balaban J connectivity index is 1.88. The summed E-state index contributed by atoms with van der Waals surface area (Å²) in [5.74, 6) is 0.957. The lowest BCUT2D eigenvalue weighted by Crippen LogP contribution is -2.14. The van der Waals surface area contributed by atoms with Gasteiger partial charge in [-0.1, -0.05) is 17.7 Å². The van der Waals surface area contributed by atoms with Crippen LogP contribution in [0.3, 0.4) is 0 Å². The fourth-order valence-corrected chi connectivity index (χ4v) is 2.50. The van der Waals surface area contributed by atoms with Gasteiger partial charge in [0.15, 0.2) is 0 Å². The van der Waals surface area contributed by atoms with Gasteiger partial charge in [0.1, 0.15) is 12.4 Å². The third-order valence-corrected chi connectivity index (χ3v) is 3.63. The van der Waals surface area contributed by atoms with Crippen LogP contribution in [0.5, 0.6) is 5.75 Å². The smallest absolute Gasteiger partial charge is 0.125 e. The van der Waals surface area contributed by atoms with Gasteiger partial charge in [-0.05, 0) is 31.9 Å². The maximum Gasteiger partial charge on any atom is 0.125 e. The summed E-state index contributed by atoms with van der Waals surface area (Å²) >= 11 is 0. The lowest BCUT2D eigenvalue weighted by atomic mass is 10.1. The largest absolute Gasteiger partial charge is 0.491 e. The van der Waals surface area contributed by atoms with Gasteiger partial charge in [-0.15, -0.1) is 0 Å². The van der Waals surface area contributed by atoms with Crippen LogP contribution >= 0.6 is 0 Å². The number of methoxy groups -OCH3 is 1. The van der Waals surface area contributed by atoms with Crippen molar-refractivity contribution < 1.29 is 28.4 Å². The molecule has 0 radical (unpaired) electrons. The van der Waals surface area contributed by atoms with Gasteiger partial charge in [0.05, 0.1) is 59.5 Å². The van der Waals surface area contributed by atoms with Crippen LogP contribution in [0.15, 0.2) is 12.1 Å². The van der Waals surface area contributed by atoms with Crippen molar-refractivity contribution in [3.63, 3.8) is 0 Å². The maximum atomic E-state index is 5.82. The summed E-state index contributed by atoms with van der Waals surface area (Å²) in [6, 6.07) is 4.26. The molecule has 0 aromatic heterocycles.